The molecule has 4 saturated heterocycles. The van der Waals surface area contributed by atoms with Gasteiger partial charge in [-0.1, -0.05) is 42.4 Å². The van der Waals surface area contributed by atoms with Crippen molar-refractivity contribution in [1.29, 1.82) is 0 Å². The first-order valence-electron chi connectivity index (χ1n) is 17.8. The molecule has 1 amide bonds. The summed E-state index contributed by atoms with van der Waals surface area (Å²) < 4.78 is 35.0. The van der Waals surface area contributed by atoms with Gasteiger partial charge in [0.1, 0.15) is 35.0 Å². The Balaban J connectivity index is 1.23. The molecule has 0 aliphatic carbocycles. The van der Waals surface area contributed by atoms with Crippen LogP contribution < -0.4 is 14.4 Å². The highest BCUT2D eigenvalue weighted by molar-refractivity contribution is 6.04. The predicted octanol–water partition coefficient (Wildman–Crippen LogP) is 6.90. The standard InChI is InChI=1S/C41H43FN6O4/c1-8-26-10-9-11-29-32(50-7)15-14-30(33(26)29)35-34(42)36-31(18-43-35)37(46-21-27-12-13-28(22-46)48(27)39(49)52-40(4,5)6)45-38(44-36)51-23-41-16-24(2)19-47(41)20-25(3)17-41/h1,9-11,14-15,18,27-28H,2-3,12-13,16-17,19-23H2,4-7H3/t27-,28+. The van der Waals surface area contributed by atoms with E-state index in [0.717, 1.165) is 55.3 Å². The fourth-order valence-electron chi connectivity index (χ4n) is 8.73. The van der Waals surface area contributed by atoms with E-state index in [9.17, 15) is 4.79 Å². The lowest BCUT2D eigenvalue weighted by molar-refractivity contribution is 0.0122. The number of aromatic nitrogens is 3. The third-order valence-electron chi connectivity index (χ3n) is 10.8. The molecule has 2 bridgehead atoms. The largest absolute Gasteiger partial charge is 0.496 e. The molecule has 2 atom stereocenters. The Bertz CT molecular complexity index is 2170. The van der Waals surface area contributed by atoms with Gasteiger partial charge in [0.15, 0.2) is 5.82 Å². The van der Waals surface area contributed by atoms with Gasteiger partial charge in [-0.05, 0) is 64.7 Å². The molecule has 4 aliphatic heterocycles. The Labute approximate surface area is 303 Å². The van der Waals surface area contributed by atoms with Gasteiger partial charge in [-0.3, -0.25) is 14.8 Å². The SMILES string of the molecule is C#Cc1cccc2c(OC)ccc(-c3ncc4c(N5C[C@H]6CC[C@@H](C5)N6C(=O)OC(C)(C)C)nc(OCC56CC(=C)CN5CC(=C)C6)nc4c3F)c12. The number of hydrogen-bond acceptors (Lipinski definition) is 9. The number of anilines is 1. The Kier molecular flexibility index (Phi) is 8.14. The number of benzene rings is 2. The van der Waals surface area contributed by atoms with Crippen molar-refractivity contribution in [2.75, 3.05) is 44.8 Å². The summed E-state index contributed by atoms with van der Waals surface area (Å²) in [6.45, 7) is 17.0. The molecule has 10 nitrogen and oxygen atoms in total. The molecule has 2 aromatic heterocycles. The van der Waals surface area contributed by atoms with Gasteiger partial charge in [-0.15, -0.1) is 6.42 Å². The number of hydrogen-bond donors (Lipinski definition) is 0. The van der Waals surface area contributed by atoms with E-state index in [1.165, 1.54) is 0 Å². The van der Waals surface area contributed by atoms with E-state index in [0.29, 0.717) is 53.2 Å². The third kappa shape index (κ3) is 5.70. The molecular formula is C41H43FN6O4. The minimum absolute atomic E-state index is 0.0775. The number of rotatable bonds is 6. The van der Waals surface area contributed by atoms with Crippen molar-refractivity contribution in [3.05, 3.63) is 72.2 Å². The van der Waals surface area contributed by atoms with Gasteiger partial charge in [0.25, 0.3) is 0 Å². The summed E-state index contributed by atoms with van der Waals surface area (Å²) in [4.78, 5) is 34.0. The van der Waals surface area contributed by atoms with Gasteiger partial charge in [0, 0.05) is 54.3 Å². The first kappa shape index (κ1) is 33.9. The van der Waals surface area contributed by atoms with Gasteiger partial charge >= 0.3 is 12.1 Å². The summed E-state index contributed by atoms with van der Waals surface area (Å²) >= 11 is 0. The number of carbonyl (C=O) groups is 1. The normalized spacial score (nSPS) is 21.2. The van der Waals surface area contributed by atoms with Gasteiger partial charge in [-0.25, -0.2) is 9.18 Å². The number of methoxy groups -OCH3 is 1. The minimum atomic E-state index is -0.608. The van der Waals surface area contributed by atoms with Gasteiger partial charge in [0.2, 0.25) is 0 Å². The van der Waals surface area contributed by atoms with E-state index >= 15 is 4.39 Å². The molecule has 0 spiro atoms. The second-order valence-electron chi connectivity index (χ2n) is 15.6. The summed E-state index contributed by atoms with van der Waals surface area (Å²) in [6, 6.07) is 9.04. The van der Waals surface area contributed by atoms with Crippen LogP contribution in [0, 0.1) is 18.2 Å². The maximum absolute atomic E-state index is 17.2. The summed E-state index contributed by atoms with van der Waals surface area (Å²) in [7, 11) is 1.59. The highest BCUT2D eigenvalue weighted by Gasteiger charge is 2.48. The van der Waals surface area contributed by atoms with E-state index in [1.54, 1.807) is 25.4 Å². The summed E-state index contributed by atoms with van der Waals surface area (Å²) in [5.41, 5.74) is 2.72. The zero-order valence-electron chi connectivity index (χ0n) is 30.2. The highest BCUT2D eigenvalue weighted by atomic mass is 19.1. The monoisotopic (exact) mass is 702 g/mol. The van der Waals surface area contributed by atoms with Gasteiger partial charge < -0.3 is 19.1 Å². The van der Waals surface area contributed by atoms with E-state index in [4.69, 9.17) is 35.6 Å². The average molecular weight is 703 g/mol. The van der Waals surface area contributed by atoms with Crippen LogP contribution in [0.25, 0.3) is 32.9 Å². The lowest BCUT2D eigenvalue weighted by Crippen LogP contribution is -2.57. The second-order valence-corrected chi connectivity index (χ2v) is 15.6. The zero-order chi connectivity index (χ0) is 36.5. The number of fused-ring (bicyclic) bond motifs is 5. The van der Waals surface area contributed by atoms with Crippen LogP contribution in [0.5, 0.6) is 11.8 Å². The van der Waals surface area contributed by atoms with Crippen LogP contribution in [0.3, 0.4) is 0 Å². The van der Waals surface area contributed by atoms with Crippen LogP contribution in [0.15, 0.2) is 60.8 Å². The zero-order valence-corrected chi connectivity index (χ0v) is 30.2. The number of carbonyl (C=O) groups excluding carboxylic acids is 1. The van der Waals surface area contributed by atoms with Crippen molar-refractivity contribution in [2.45, 2.75) is 69.7 Å². The van der Waals surface area contributed by atoms with Crippen molar-refractivity contribution < 1.29 is 23.4 Å². The lowest BCUT2D eigenvalue weighted by atomic mass is 9.92. The Morgan fingerprint density at radius 3 is 2.42 bits per heavy atom. The number of pyridine rings is 1. The quantitative estimate of drug-likeness (QED) is 0.157. The van der Waals surface area contributed by atoms with Crippen LogP contribution in [0.2, 0.25) is 0 Å². The molecule has 52 heavy (non-hydrogen) atoms. The van der Waals surface area contributed by atoms with Crippen LogP contribution >= 0.6 is 0 Å². The number of amides is 1. The number of nitrogens with zero attached hydrogens (tertiary/aromatic N) is 6. The smallest absolute Gasteiger partial charge is 0.410 e. The summed E-state index contributed by atoms with van der Waals surface area (Å²) in [5.74, 6) is 3.27. The van der Waals surface area contributed by atoms with Gasteiger partial charge in [0.05, 0.1) is 30.1 Å². The van der Waals surface area contributed by atoms with E-state index in [2.05, 4.69) is 28.9 Å². The van der Waals surface area contributed by atoms with Crippen LogP contribution in [0.1, 0.15) is 52.0 Å². The molecule has 8 rings (SSSR count). The molecular weight excluding hydrogens is 659 g/mol. The summed E-state index contributed by atoms with van der Waals surface area (Å²) in [5, 5.41) is 1.87. The number of piperazine rings is 1. The molecule has 0 saturated carbocycles. The molecule has 2 aromatic carbocycles. The number of halogens is 1. The van der Waals surface area contributed by atoms with Crippen molar-refractivity contribution >= 4 is 33.6 Å². The summed E-state index contributed by atoms with van der Waals surface area (Å²) in [6.07, 6.45) is 10.5. The molecule has 268 valence electrons. The van der Waals surface area contributed by atoms with Crippen molar-refractivity contribution in [1.82, 2.24) is 24.8 Å². The molecule has 0 radical (unpaired) electrons. The average Bonchev–Trinajstić information content (AvgIpc) is 3.68. The second kappa shape index (κ2) is 12.5. The molecule has 0 N–H and O–H groups in total. The van der Waals surface area contributed by atoms with E-state index in [-0.39, 0.29) is 40.9 Å². The third-order valence-corrected chi connectivity index (χ3v) is 10.8. The first-order valence-corrected chi connectivity index (χ1v) is 17.8. The minimum Gasteiger partial charge on any atom is -0.496 e. The number of terminal acetylenes is 1. The Morgan fingerprint density at radius 1 is 1.06 bits per heavy atom. The van der Waals surface area contributed by atoms with Crippen molar-refractivity contribution in [3.63, 3.8) is 0 Å². The van der Waals surface area contributed by atoms with Crippen LogP contribution in [-0.2, 0) is 4.74 Å². The topological polar surface area (TPSA) is 93.2 Å². The maximum atomic E-state index is 17.2. The maximum Gasteiger partial charge on any atom is 0.410 e. The molecule has 4 fully saturated rings. The fourth-order valence-corrected chi connectivity index (χ4v) is 8.73. The molecule has 11 heteroatoms. The van der Waals surface area contributed by atoms with Gasteiger partial charge in [-0.2, -0.15) is 9.97 Å². The molecule has 6 heterocycles. The Morgan fingerprint density at radius 2 is 1.77 bits per heavy atom. The van der Waals surface area contributed by atoms with Crippen LogP contribution in [0.4, 0.5) is 15.0 Å². The fraction of sp³-hybridized carbons (Fsp3) is 0.415. The molecule has 4 aromatic rings. The molecule has 0 unspecified atom stereocenters. The lowest BCUT2D eigenvalue weighted by Gasteiger charge is -2.42. The predicted molar refractivity (Wildman–Crippen MR) is 199 cm³/mol. The van der Waals surface area contributed by atoms with Crippen molar-refractivity contribution in [2.24, 2.45) is 0 Å². The highest BCUT2D eigenvalue weighted by Crippen LogP contribution is 2.44. The Hall–Kier alpha value is -5.21. The molecule has 4 aliphatic rings. The van der Waals surface area contributed by atoms with E-state index < -0.39 is 11.4 Å². The number of ether oxygens (including phenoxy) is 3. The first-order chi connectivity index (χ1) is 24.9. The van der Waals surface area contributed by atoms with Crippen LogP contribution in [-0.4, -0.2) is 94.0 Å². The van der Waals surface area contributed by atoms with E-state index in [1.807, 2.05) is 43.9 Å². The van der Waals surface area contributed by atoms with Crippen molar-refractivity contribution in [3.8, 4) is 35.4 Å².